The highest BCUT2D eigenvalue weighted by atomic mass is 16.6. The summed E-state index contributed by atoms with van der Waals surface area (Å²) < 4.78 is 5.45. The fraction of sp³-hybridized carbons (Fsp3) is 0.708. The highest BCUT2D eigenvalue weighted by Gasteiger charge is 2.33. The number of hydrogen-bond donors (Lipinski definition) is 1. The van der Waals surface area contributed by atoms with Crippen LogP contribution in [0.2, 0.25) is 0 Å². The van der Waals surface area contributed by atoms with Crippen molar-refractivity contribution in [3.8, 4) is 0 Å². The number of amides is 3. The summed E-state index contributed by atoms with van der Waals surface area (Å²) in [6.45, 7) is 14.1. The van der Waals surface area contributed by atoms with Gasteiger partial charge in [-0.15, -0.1) is 0 Å². The van der Waals surface area contributed by atoms with E-state index in [0.717, 1.165) is 31.4 Å². The summed E-state index contributed by atoms with van der Waals surface area (Å²) >= 11 is 0. The molecule has 1 unspecified atom stereocenters. The molecule has 0 aromatic heterocycles. The smallest absolute Gasteiger partial charge is 0.410 e. The maximum atomic E-state index is 12.8. The van der Waals surface area contributed by atoms with E-state index in [4.69, 9.17) is 4.74 Å². The summed E-state index contributed by atoms with van der Waals surface area (Å²) in [7, 11) is 0. The summed E-state index contributed by atoms with van der Waals surface area (Å²) in [6.07, 6.45) is 5.05. The molecular weight excluding hydrogens is 436 g/mol. The second-order valence-corrected chi connectivity index (χ2v) is 10.5. The third kappa shape index (κ3) is 7.04. The van der Waals surface area contributed by atoms with Gasteiger partial charge in [0.2, 0.25) is 5.91 Å². The second-order valence-electron chi connectivity index (χ2n) is 10.5. The van der Waals surface area contributed by atoms with Gasteiger partial charge in [0.05, 0.1) is 5.71 Å². The van der Waals surface area contributed by atoms with Gasteiger partial charge >= 0.3 is 6.09 Å². The topological polar surface area (TPSA) is 107 Å². The zero-order valence-corrected chi connectivity index (χ0v) is 21.0. The summed E-state index contributed by atoms with van der Waals surface area (Å²) in [5, 5.41) is 14.9. The van der Waals surface area contributed by atoms with Gasteiger partial charge in [0.1, 0.15) is 24.5 Å². The molecule has 10 nitrogen and oxygen atoms in total. The number of hydrazone groups is 2. The van der Waals surface area contributed by atoms with Gasteiger partial charge in [0.15, 0.2) is 0 Å². The highest BCUT2D eigenvalue weighted by molar-refractivity contribution is 6.00. The number of carbonyl (C=O) groups is 3. The molecule has 0 aromatic carbocycles. The molecule has 0 spiro atoms. The van der Waals surface area contributed by atoms with Crippen molar-refractivity contribution in [1.82, 2.24) is 20.2 Å². The molecule has 3 rings (SSSR count). The fourth-order valence-corrected chi connectivity index (χ4v) is 3.95. The maximum absolute atomic E-state index is 12.8. The average molecular weight is 475 g/mol. The largest absolute Gasteiger partial charge is 0.444 e. The van der Waals surface area contributed by atoms with Crippen molar-refractivity contribution in [2.75, 3.05) is 26.2 Å². The summed E-state index contributed by atoms with van der Waals surface area (Å²) in [5.74, 6) is 0.467. The quantitative estimate of drug-likeness (QED) is 0.571. The van der Waals surface area contributed by atoms with Crippen LogP contribution in [-0.4, -0.2) is 82.2 Å². The Bertz CT molecular complexity index is 871. The van der Waals surface area contributed by atoms with Crippen molar-refractivity contribution < 1.29 is 19.1 Å². The minimum absolute atomic E-state index is 0.0217. The van der Waals surface area contributed by atoms with E-state index in [1.54, 1.807) is 16.0 Å². The third-order valence-electron chi connectivity index (χ3n) is 5.75. The number of amidine groups is 1. The molecule has 3 amide bonds. The van der Waals surface area contributed by atoms with Crippen molar-refractivity contribution in [3.05, 3.63) is 12.7 Å². The van der Waals surface area contributed by atoms with E-state index in [-0.39, 0.29) is 43.0 Å². The number of rotatable bonds is 7. The minimum atomic E-state index is -0.572. The van der Waals surface area contributed by atoms with Crippen LogP contribution in [-0.2, 0) is 14.3 Å². The monoisotopic (exact) mass is 474 g/mol. The van der Waals surface area contributed by atoms with Gasteiger partial charge in [-0.25, -0.2) is 14.8 Å². The van der Waals surface area contributed by atoms with Gasteiger partial charge in [-0.2, -0.15) is 10.2 Å². The Morgan fingerprint density at radius 2 is 2.00 bits per heavy atom. The molecule has 10 heteroatoms. The van der Waals surface area contributed by atoms with E-state index < -0.39 is 5.60 Å². The van der Waals surface area contributed by atoms with Crippen LogP contribution in [0.15, 0.2) is 22.9 Å². The number of allylic oxidation sites excluding steroid dienone is 1. The number of nitrogens with zero attached hydrogens (tertiary/aromatic N) is 5. The molecule has 0 radical (unpaired) electrons. The molecule has 2 fully saturated rings. The Morgan fingerprint density at radius 1 is 1.29 bits per heavy atom. The molecule has 0 bridgehead atoms. The van der Waals surface area contributed by atoms with Crippen molar-refractivity contribution >= 4 is 29.5 Å². The van der Waals surface area contributed by atoms with Crippen LogP contribution in [0.25, 0.3) is 0 Å². The first-order chi connectivity index (χ1) is 16.0. The summed E-state index contributed by atoms with van der Waals surface area (Å²) in [4.78, 5) is 39.5. The molecule has 2 aliphatic heterocycles. The number of carbonyl (C=O) groups excluding carboxylic acids is 3. The Balaban J connectivity index is 1.61. The zero-order valence-electron chi connectivity index (χ0n) is 21.0. The molecule has 1 aliphatic carbocycles. The Hall–Kier alpha value is -2.91. The molecular formula is C24H38N6O4. The summed E-state index contributed by atoms with van der Waals surface area (Å²) in [6, 6.07) is -0.197. The van der Waals surface area contributed by atoms with Crippen LogP contribution in [0.1, 0.15) is 60.3 Å². The first-order valence-corrected chi connectivity index (χ1v) is 12.1. The first kappa shape index (κ1) is 25.7. The number of hydrogen-bond acceptors (Lipinski definition) is 7. The number of nitrogens with one attached hydrogen (secondary N) is 1. The van der Waals surface area contributed by atoms with Gasteiger partial charge in [-0.3, -0.25) is 9.59 Å². The van der Waals surface area contributed by atoms with Crippen LogP contribution in [0.3, 0.4) is 0 Å². The molecule has 1 atom stereocenters. The van der Waals surface area contributed by atoms with Crippen LogP contribution >= 0.6 is 0 Å². The van der Waals surface area contributed by atoms with Gasteiger partial charge in [-0.05, 0) is 52.5 Å². The predicted molar refractivity (Wildman–Crippen MR) is 130 cm³/mol. The molecule has 1 N–H and O–H groups in total. The van der Waals surface area contributed by atoms with Crippen LogP contribution in [0, 0.1) is 11.8 Å². The number of piperidine rings is 1. The lowest BCUT2D eigenvalue weighted by Gasteiger charge is -2.35. The molecule has 1 saturated heterocycles. The molecule has 1 saturated carbocycles. The van der Waals surface area contributed by atoms with Crippen LogP contribution in [0.5, 0.6) is 0 Å². The van der Waals surface area contributed by atoms with Crippen molar-refractivity contribution in [3.63, 3.8) is 0 Å². The van der Waals surface area contributed by atoms with Crippen LogP contribution < -0.4 is 5.32 Å². The molecule has 34 heavy (non-hydrogen) atoms. The Morgan fingerprint density at radius 3 is 2.59 bits per heavy atom. The molecule has 0 aromatic rings. The van der Waals surface area contributed by atoms with Crippen LogP contribution in [0.4, 0.5) is 4.79 Å². The number of ether oxygens (including phenoxy) is 1. The lowest BCUT2D eigenvalue weighted by Crippen LogP contribution is -2.54. The van der Waals surface area contributed by atoms with Gasteiger partial charge in [0, 0.05) is 31.0 Å². The predicted octanol–water partition coefficient (Wildman–Crippen LogP) is 2.57. The van der Waals surface area contributed by atoms with Gasteiger partial charge < -0.3 is 15.0 Å². The first-order valence-electron chi connectivity index (χ1n) is 12.1. The Kier molecular flexibility index (Phi) is 7.99. The third-order valence-corrected chi connectivity index (χ3v) is 5.75. The fourth-order valence-electron chi connectivity index (χ4n) is 3.95. The van der Waals surface area contributed by atoms with E-state index in [2.05, 4.69) is 22.1 Å². The van der Waals surface area contributed by atoms with Gasteiger partial charge in [-0.1, -0.05) is 20.4 Å². The molecule has 188 valence electrons. The zero-order chi connectivity index (χ0) is 25.0. The minimum Gasteiger partial charge on any atom is -0.444 e. The second kappa shape index (κ2) is 10.6. The van der Waals surface area contributed by atoms with E-state index >= 15 is 0 Å². The molecule has 2 heterocycles. The van der Waals surface area contributed by atoms with E-state index in [0.29, 0.717) is 24.8 Å². The Labute approximate surface area is 202 Å². The van der Waals surface area contributed by atoms with Gasteiger partial charge in [0.25, 0.3) is 5.91 Å². The van der Waals surface area contributed by atoms with Crippen molar-refractivity contribution in [2.45, 2.75) is 71.9 Å². The lowest BCUT2D eigenvalue weighted by atomic mass is 10.1. The standard InChI is InChI=1S/C24H38N6O4/c1-7-19(17-10-11-17)26-30-15-21(32)29(27-22(30)16(2)3)14-20(31)25-18-9-8-12-28(13-18)23(33)34-24(4,5)6/h7,16-18H,1,8-15H2,2-6H3,(H,25,31)/b26-19+. The van der Waals surface area contributed by atoms with E-state index in [1.807, 2.05) is 34.6 Å². The average Bonchev–Trinajstić information content (AvgIpc) is 3.57. The van der Waals surface area contributed by atoms with E-state index in [9.17, 15) is 14.4 Å². The SMILES string of the molecule is C=C/C(=N\N1CC(=O)N(CC(=O)NC2CCCN(C(=O)OC(C)(C)C)C2)N=C1C(C)C)C1CC1. The normalized spacial score (nSPS) is 22.0. The summed E-state index contributed by atoms with van der Waals surface area (Å²) in [5.41, 5.74) is 0.302. The van der Waals surface area contributed by atoms with Crippen molar-refractivity contribution in [2.24, 2.45) is 22.0 Å². The van der Waals surface area contributed by atoms with Crippen molar-refractivity contribution in [1.29, 1.82) is 0 Å². The van der Waals surface area contributed by atoms with E-state index in [1.165, 1.54) is 5.01 Å². The molecule has 3 aliphatic rings. The lowest BCUT2D eigenvalue weighted by molar-refractivity contribution is -0.137. The number of likely N-dealkylation sites (tertiary alicyclic amines) is 1. The maximum Gasteiger partial charge on any atom is 0.410 e. The highest BCUT2D eigenvalue weighted by Crippen LogP contribution is 2.31.